The third-order valence-electron chi connectivity index (χ3n) is 3.01. The SMILES string of the molecule is CCOC(=O)Nc1ccc(CC(=O)c2ccc(Cl)cc2)cc1. The fraction of sp³-hybridized carbons (Fsp3) is 0.176. The van der Waals surface area contributed by atoms with Crippen LogP contribution in [0.3, 0.4) is 0 Å². The standard InChI is InChI=1S/C17H16ClNO3/c1-2-22-17(21)19-15-9-3-12(4-10-15)11-16(20)13-5-7-14(18)8-6-13/h3-10H,2,11H2,1H3,(H,19,21). The van der Waals surface area contributed by atoms with Crippen molar-refractivity contribution in [2.45, 2.75) is 13.3 Å². The van der Waals surface area contributed by atoms with Crippen LogP contribution in [0, 0.1) is 0 Å². The fourth-order valence-corrected chi connectivity index (χ4v) is 2.04. The first-order valence-electron chi connectivity index (χ1n) is 6.90. The summed E-state index contributed by atoms with van der Waals surface area (Å²) in [5, 5.41) is 3.20. The van der Waals surface area contributed by atoms with Gasteiger partial charge in [0.2, 0.25) is 0 Å². The number of ketones is 1. The predicted octanol–water partition coefficient (Wildman–Crippen LogP) is 4.33. The van der Waals surface area contributed by atoms with Crippen LogP contribution >= 0.6 is 11.6 Å². The van der Waals surface area contributed by atoms with E-state index in [4.69, 9.17) is 16.3 Å². The Labute approximate surface area is 134 Å². The summed E-state index contributed by atoms with van der Waals surface area (Å²) in [5.41, 5.74) is 2.12. The lowest BCUT2D eigenvalue weighted by Crippen LogP contribution is -2.13. The van der Waals surface area contributed by atoms with E-state index in [-0.39, 0.29) is 5.78 Å². The number of ether oxygens (including phenoxy) is 1. The van der Waals surface area contributed by atoms with E-state index in [1.807, 2.05) is 0 Å². The van der Waals surface area contributed by atoms with Crippen LogP contribution in [0.4, 0.5) is 10.5 Å². The molecule has 2 rings (SSSR count). The van der Waals surface area contributed by atoms with Crippen molar-refractivity contribution in [2.75, 3.05) is 11.9 Å². The number of anilines is 1. The van der Waals surface area contributed by atoms with Crippen LogP contribution in [0.1, 0.15) is 22.8 Å². The van der Waals surface area contributed by atoms with Gasteiger partial charge in [0.25, 0.3) is 0 Å². The van der Waals surface area contributed by atoms with Crippen molar-refractivity contribution in [3.63, 3.8) is 0 Å². The van der Waals surface area contributed by atoms with E-state index >= 15 is 0 Å². The van der Waals surface area contributed by atoms with Crippen molar-refractivity contribution in [3.8, 4) is 0 Å². The van der Waals surface area contributed by atoms with Gasteiger partial charge in [-0.1, -0.05) is 23.7 Å². The summed E-state index contributed by atoms with van der Waals surface area (Å²) in [6.07, 6.45) is -0.200. The van der Waals surface area contributed by atoms with Gasteiger partial charge in [-0.2, -0.15) is 0 Å². The lowest BCUT2D eigenvalue weighted by Gasteiger charge is -2.06. The van der Waals surface area contributed by atoms with E-state index in [2.05, 4.69) is 5.32 Å². The largest absolute Gasteiger partial charge is 0.450 e. The maximum absolute atomic E-state index is 12.1. The summed E-state index contributed by atoms with van der Waals surface area (Å²) in [6.45, 7) is 2.06. The molecular weight excluding hydrogens is 302 g/mol. The monoisotopic (exact) mass is 317 g/mol. The molecule has 0 saturated heterocycles. The van der Waals surface area contributed by atoms with Gasteiger partial charge >= 0.3 is 6.09 Å². The van der Waals surface area contributed by atoms with Gasteiger partial charge in [-0.25, -0.2) is 4.79 Å². The smallest absolute Gasteiger partial charge is 0.411 e. The van der Waals surface area contributed by atoms with Gasteiger partial charge < -0.3 is 4.74 Å². The topological polar surface area (TPSA) is 55.4 Å². The Morgan fingerprint density at radius 1 is 1.05 bits per heavy atom. The summed E-state index contributed by atoms with van der Waals surface area (Å²) in [4.78, 5) is 23.4. The normalized spacial score (nSPS) is 10.1. The maximum atomic E-state index is 12.1. The van der Waals surface area contributed by atoms with Gasteiger partial charge in [-0.3, -0.25) is 10.1 Å². The van der Waals surface area contributed by atoms with Gasteiger partial charge in [0, 0.05) is 22.7 Å². The molecule has 0 saturated carbocycles. The number of hydrogen-bond donors (Lipinski definition) is 1. The summed E-state index contributed by atoms with van der Waals surface area (Å²) < 4.78 is 4.79. The minimum Gasteiger partial charge on any atom is -0.450 e. The number of carbonyl (C=O) groups excluding carboxylic acids is 2. The first-order chi connectivity index (χ1) is 10.6. The minimum absolute atomic E-state index is 0.0165. The third kappa shape index (κ3) is 4.60. The molecular formula is C17H16ClNO3. The zero-order valence-electron chi connectivity index (χ0n) is 12.1. The van der Waals surface area contributed by atoms with Crippen LogP contribution in [-0.2, 0) is 11.2 Å². The van der Waals surface area contributed by atoms with Crippen LogP contribution in [0.2, 0.25) is 5.02 Å². The number of halogens is 1. The molecule has 1 N–H and O–H groups in total. The predicted molar refractivity (Wildman–Crippen MR) is 86.6 cm³/mol. The lowest BCUT2D eigenvalue weighted by molar-refractivity contribution is 0.0993. The average Bonchev–Trinajstić information content (AvgIpc) is 2.50. The maximum Gasteiger partial charge on any atom is 0.411 e. The summed E-state index contributed by atoms with van der Waals surface area (Å²) in [5.74, 6) is 0.0165. The van der Waals surface area contributed by atoms with Crippen molar-refractivity contribution in [1.82, 2.24) is 0 Å². The summed E-state index contributed by atoms with van der Waals surface area (Å²) in [7, 11) is 0. The Morgan fingerprint density at radius 2 is 1.68 bits per heavy atom. The van der Waals surface area contributed by atoms with E-state index in [9.17, 15) is 9.59 Å². The molecule has 2 aromatic carbocycles. The third-order valence-corrected chi connectivity index (χ3v) is 3.26. The first-order valence-corrected chi connectivity index (χ1v) is 7.27. The highest BCUT2D eigenvalue weighted by Crippen LogP contribution is 2.14. The van der Waals surface area contributed by atoms with Crippen molar-refractivity contribution in [3.05, 3.63) is 64.7 Å². The fourth-order valence-electron chi connectivity index (χ4n) is 1.91. The number of hydrogen-bond acceptors (Lipinski definition) is 3. The number of nitrogens with one attached hydrogen (secondary N) is 1. The molecule has 1 amide bonds. The zero-order valence-corrected chi connectivity index (χ0v) is 12.9. The second-order valence-corrected chi connectivity index (χ2v) is 5.09. The molecule has 0 aliphatic heterocycles. The second kappa shape index (κ2) is 7.61. The van der Waals surface area contributed by atoms with E-state index < -0.39 is 6.09 Å². The molecule has 114 valence electrons. The average molecular weight is 318 g/mol. The highest BCUT2D eigenvalue weighted by molar-refractivity contribution is 6.30. The number of carbonyl (C=O) groups is 2. The molecule has 5 heteroatoms. The van der Waals surface area contributed by atoms with Gasteiger partial charge in [-0.05, 0) is 48.9 Å². The van der Waals surface area contributed by atoms with E-state index in [1.54, 1.807) is 55.5 Å². The number of benzene rings is 2. The molecule has 0 aliphatic rings. The highest BCUT2D eigenvalue weighted by atomic mass is 35.5. The molecule has 0 bridgehead atoms. The van der Waals surface area contributed by atoms with Gasteiger partial charge in [0.05, 0.1) is 6.61 Å². The zero-order chi connectivity index (χ0) is 15.9. The molecule has 0 heterocycles. The van der Waals surface area contributed by atoms with Gasteiger partial charge in [-0.15, -0.1) is 0 Å². The highest BCUT2D eigenvalue weighted by Gasteiger charge is 2.08. The quantitative estimate of drug-likeness (QED) is 0.835. The van der Waals surface area contributed by atoms with E-state index in [0.29, 0.717) is 29.3 Å². The molecule has 0 unspecified atom stereocenters. The van der Waals surface area contributed by atoms with E-state index in [1.165, 1.54) is 0 Å². The Morgan fingerprint density at radius 3 is 2.27 bits per heavy atom. The Hall–Kier alpha value is -2.33. The van der Waals surface area contributed by atoms with Crippen molar-refractivity contribution < 1.29 is 14.3 Å². The van der Waals surface area contributed by atoms with Crippen LogP contribution < -0.4 is 5.32 Å². The molecule has 0 atom stereocenters. The Kier molecular flexibility index (Phi) is 5.55. The summed E-state index contributed by atoms with van der Waals surface area (Å²) in [6, 6.07) is 13.9. The van der Waals surface area contributed by atoms with Crippen LogP contribution in [0.25, 0.3) is 0 Å². The number of rotatable bonds is 5. The second-order valence-electron chi connectivity index (χ2n) is 4.65. The minimum atomic E-state index is -0.493. The van der Waals surface area contributed by atoms with Crippen molar-refractivity contribution in [1.29, 1.82) is 0 Å². The van der Waals surface area contributed by atoms with Gasteiger partial charge in [0.1, 0.15) is 0 Å². The van der Waals surface area contributed by atoms with Crippen LogP contribution in [0.5, 0.6) is 0 Å². The van der Waals surface area contributed by atoms with Gasteiger partial charge in [0.15, 0.2) is 5.78 Å². The Balaban J connectivity index is 1.97. The van der Waals surface area contributed by atoms with Crippen molar-refractivity contribution in [2.24, 2.45) is 0 Å². The molecule has 0 aromatic heterocycles. The molecule has 2 aromatic rings. The number of Topliss-reactive ketones (excluding diaryl/α,β-unsaturated/α-hetero) is 1. The molecule has 4 nitrogen and oxygen atoms in total. The molecule has 0 spiro atoms. The molecule has 22 heavy (non-hydrogen) atoms. The van der Waals surface area contributed by atoms with Crippen LogP contribution in [0.15, 0.2) is 48.5 Å². The van der Waals surface area contributed by atoms with E-state index in [0.717, 1.165) is 5.56 Å². The Bertz CT molecular complexity index is 651. The summed E-state index contributed by atoms with van der Waals surface area (Å²) >= 11 is 5.80. The molecule has 0 radical (unpaired) electrons. The van der Waals surface area contributed by atoms with Crippen LogP contribution in [-0.4, -0.2) is 18.5 Å². The lowest BCUT2D eigenvalue weighted by atomic mass is 10.0. The van der Waals surface area contributed by atoms with Crippen molar-refractivity contribution >= 4 is 29.2 Å². The molecule has 0 aliphatic carbocycles. The number of amides is 1. The first kappa shape index (κ1) is 16.0. The molecule has 0 fully saturated rings.